The van der Waals surface area contributed by atoms with Crippen molar-refractivity contribution in [2.45, 2.75) is 0 Å². The Hall–Kier alpha value is -3.97. The summed E-state index contributed by atoms with van der Waals surface area (Å²) in [5.74, 6) is -0.714. The molecule has 1 aromatic heterocycles. The smallest absolute Gasteiger partial charge is 0.353 e. The number of ether oxygens (including phenoxy) is 1. The second-order valence-electron chi connectivity index (χ2n) is 6.35. The number of hydrazone groups is 1. The van der Waals surface area contributed by atoms with Gasteiger partial charge in [-0.05, 0) is 52.0 Å². The number of aromatic hydroxyl groups is 1. The highest BCUT2D eigenvalue weighted by atomic mass is 32.1. The number of rotatable bonds is 5. The first-order valence-electron chi connectivity index (χ1n) is 9.01. The van der Waals surface area contributed by atoms with Gasteiger partial charge in [0, 0.05) is 0 Å². The number of fused-ring (bicyclic) bond motifs is 1. The maximum Gasteiger partial charge on any atom is 0.353 e. The predicted molar refractivity (Wildman–Crippen MR) is 116 cm³/mol. The number of hydrogen-bond donors (Lipinski definition) is 2. The summed E-state index contributed by atoms with van der Waals surface area (Å²) in [4.78, 5) is 24.9. The van der Waals surface area contributed by atoms with Crippen LogP contribution in [-0.2, 0) is 0 Å². The molecule has 0 radical (unpaired) electrons. The monoisotopic (exact) mass is 416 g/mol. The van der Waals surface area contributed by atoms with Crippen LogP contribution in [-0.4, -0.2) is 23.2 Å². The Kier molecular flexibility index (Phi) is 5.54. The number of carbonyl (C=O) groups excluding carboxylic acids is 2. The van der Waals surface area contributed by atoms with Gasteiger partial charge >= 0.3 is 5.97 Å². The summed E-state index contributed by atoms with van der Waals surface area (Å²) >= 11 is 1.30. The highest BCUT2D eigenvalue weighted by Crippen LogP contribution is 2.25. The molecule has 1 heterocycles. The number of nitrogens with zero attached hydrogens (tertiary/aromatic N) is 1. The van der Waals surface area contributed by atoms with Crippen LogP contribution in [0, 0.1) is 0 Å². The quantitative estimate of drug-likeness (QED) is 0.216. The van der Waals surface area contributed by atoms with Crippen LogP contribution >= 0.6 is 11.3 Å². The number of hydrogen-bond acceptors (Lipinski definition) is 6. The van der Waals surface area contributed by atoms with E-state index < -0.39 is 11.9 Å². The molecule has 4 aromatic rings. The van der Waals surface area contributed by atoms with Crippen molar-refractivity contribution in [3.63, 3.8) is 0 Å². The van der Waals surface area contributed by atoms with E-state index in [9.17, 15) is 14.7 Å². The second kappa shape index (κ2) is 8.59. The average molecular weight is 416 g/mol. The van der Waals surface area contributed by atoms with Crippen LogP contribution in [0.5, 0.6) is 11.5 Å². The summed E-state index contributed by atoms with van der Waals surface area (Å²) in [5, 5.41) is 17.5. The number of benzene rings is 3. The fourth-order valence-electron chi connectivity index (χ4n) is 2.85. The molecule has 0 saturated heterocycles. The van der Waals surface area contributed by atoms with Gasteiger partial charge < -0.3 is 9.84 Å². The Morgan fingerprint density at radius 3 is 2.53 bits per heavy atom. The van der Waals surface area contributed by atoms with Crippen molar-refractivity contribution in [1.82, 2.24) is 5.43 Å². The zero-order valence-corrected chi connectivity index (χ0v) is 16.4. The van der Waals surface area contributed by atoms with E-state index in [1.807, 2.05) is 24.3 Å². The molecule has 0 saturated carbocycles. The topological polar surface area (TPSA) is 88.0 Å². The van der Waals surface area contributed by atoms with Gasteiger partial charge in [0.05, 0.1) is 11.8 Å². The number of esters is 1. The van der Waals surface area contributed by atoms with Crippen molar-refractivity contribution in [1.29, 1.82) is 0 Å². The fraction of sp³-hybridized carbons (Fsp3) is 0. The first-order valence-corrected chi connectivity index (χ1v) is 9.89. The van der Waals surface area contributed by atoms with Crippen LogP contribution in [0.2, 0.25) is 0 Å². The summed E-state index contributed by atoms with van der Waals surface area (Å²) in [6.45, 7) is 0. The molecule has 1 amide bonds. The van der Waals surface area contributed by atoms with Gasteiger partial charge in [0.1, 0.15) is 16.4 Å². The minimum absolute atomic E-state index is 0.121. The zero-order valence-electron chi connectivity index (χ0n) is 15.6. The van der Waals surface area contributed by atoms with Gasteiger partial charge in [0.25, 0.3) is 5.91 Å². The number of nitrogens with one attached hydrogen (secondary N) is 1. The van der Waals surface area contributed by atoms with Crippen molar-refractivity contribution in [3.8, 4) is 11.5 Å². The molecule has 0 aliphatic rings. The summed E-state index contributed by atoms with van der Waals surface area (Å²) < 4.78 is 5.34. The van der Waals surface area contributed by atoms with Crippen LogP contribution in [0.15, 0.2) is 83.3 Å². The van der Waals surface area contributed by atoms with Crippen LogP contribution < -0.4 is 10.2 Å². The lowest BCUT2D eigenvalue weighted by Gasteiger charge is -2.06. The molecule has 4 rings (SSSR count). The molecule has 0 spiro atoms. The second-order valence-corrected chi connectivity index (χ2v) is 7.30. The average Bonchev–Trinajstić information content (AvgIpc) is 3.28. The van der Waals surface area contributed by atoms with E-state index >= 15 is 0 Å². The summed E-state index contributed by atoms with van der Waals surface area (Å²) in [5.41, 5.74) is 3.16. The minimum Gasteiger partial charge on any atom is -0.507 e. The van der Waals surface area contributed by atoms with E-state index in [0.29, 0.717) is 16.2 Å². The van der Waals surface area contributed by atoms with Gasteiger partial charge in [0.15, 0.2) is 0 Å². The number of thiophene rings is 1. The van der Waals surface area contributed by atoms with Gasteiger partial charge in [-0.1, -0.05) is 42.5 Å². The molecule has 0 bridgehead atoms. The van der Waals surface area contributed by atoms with E-state index in [-0.39, 0.29) is 11.3 Å². The molecular weight excluding hydrogens is 400 g/mol. The van der Waals surface area contributed by atoms with Crippen molar-refractivity contribution in [3.05, 3.63) is 94.2 Å². The van der Waals surface area contributed by atoms with Gasteiger partial charge in [-0.25, -0.2) is 10.2 Å². The third-order valence-corrected chi connectivity index (χ3v) is 5.13. The largest absolute Gasteiger partial charge is 0.507 e. The van der Waals surface area contributed by atoms with Crippen molar-refractivity contribution < 1.29 is 19.4 Å². The third kappa shape index (κ3) is 4.37. The van der Waals surface area contributed by atoms with Gasteiger partial charge in [-0.3, -0.25) is 4.79 Å². The van der Waals surface area contributed by atoms with Crippen molar-refractivity contribution >= 4 is 40.2 Å². The van der Waals surface area contributed by atoms with E-state index in [4.69, 9.17) is 4.74 Å². The van der Waals surface area contributed by atoms with E-state index in [1.165, 1.54) is 17.6 Å². The van der Waals surface area contributed by atoms with Crippen LogP contribution in [0.3, 0.4) is 0 Å². The van der Waals surface area contributed by atoms with Crippen molar-refractivity contribution in [2.75, 3.05) is 0 Å². The lowest BCUT2D eigenvalue weighted by Crippen LogP contribution is -2.17. The van der Waals surface area contributed by atoms with Gasteiger partial charge in [-0.15, -0.1) is 11.3 Å². The minimum atomic E-state index is -0.533. The third-order valence-electron chi connectivity index (χ3n) is 4.28. The van der Waals surface area contributed by atoms with Gasteiger partial charge in [0.2, 0.25) is 0 Å². The maximum atomic E-state index is 12.4. The van der Waals surface area contributed by atoms with E-state index in [0.717, 1.165) is 10.8 Å². The molecular formula is C23H16N2O4S. The lowest BCUT2D eigenvalue weighted by atomic mass is 10.1. The number of carbonyl (C=O) groups is 2. The summed E-state index contributed by atoms with van der Waals surface area (Å²) in [7, 11) is 0. The van der Waals surface area contributed by atoms with Crippen LogP contribution in [0.25, 0.3) is 10.8 Å². The highest BCUT2D eigenvalue weighted by molar-refractivity contribution is 7.12. The molecule has 3 aromatic carbocycles. The van der Waals surface area contributed by atoms with E-state index in [2.05, 4.69) is 10.5 Å². The molecule has 30 heavy (non-hydrogen) atoms. The molecule has 2 N–H and O–H groups in total. The Morgan fingerprint density at radius 1 is 0.967 bits per heavy atom. The zero-order chi connectivity index (χ0) is 20.9. The first kappa shape index (κ1) is 19.4. The summed E-state index contributed by atoms with van der Waals surface area (Å²) in [6, 6.07) is 20.8. The van der Waals surface area contributed by atoms with Gasteiger partial charge in [-0.2, -0.15) is 5.10 Å². The Labute approximate surface area is 176 Å². The molecule has 0 aliphatic carbocycles. The molecule has 148 valence electrons. The first-order chi connectivity index (χ1) is 14.6. The van der Waals surface area contributed by atoms with Crippen molar-refractivity contribution in [2.24, 2.45) is 5.10 Å². The number of phenols is 1. The molecule has 0 atom stereocenters. The summed E-state index contributed by atoms with van der Waals surface area (Å²) in [6.07, 6.45) is 1.43. The Balaban J connectivity index is 1.44. The van der Waals surface area contributed by atoms with E-state index in [1.54, 1.807) is 53.9 Å². The standard InChI is InChI=1S/C23H16N2O4S/c26-20-13-17-7-2-1-6-16(17)12-19(20)22(27)25-24-14-15-5-3-8-18(11-15)29-23(28)21-9-4-10-30-21/h1-14,26H,(H,25,27)/b24-14+. The Morgan fingerprint density at radius 2 is 1.77 bits per heavy atom. The highest BCUT2D eigenvalue weighted by Gasteiger charge is 2.12. The molecule has 7 heteroatoms. The molecule has 0 unspecified atom stereocenters. The molecule has 0 aliphatic heterocycles. The predicted octanol–water partition coefficient (Wildman–Crippen LogP) is 4.59. The molecule has 6 nitrogen and oxygen atoms in total. The maximum absolute atomic E-state index is 12.4. The number of amides is 1. The normalized spacial score (nSPS) is 10.9. The lowest BCUT2D eigenvalue weighted by molar-refractivity contribution is 0.0739. The molecule has 0 fully saturated rings. The SMILES string of the molecule is O=C(Oc1cccc(/C=N/NC(=O)c2cc3ccccc3cc2O)c1)c1cccs1. The van der Waals surface area contributed by atoms with Crippen LogP contribution in [0.1, 0.15) is 25.6 Å². The fourth-order valence-corrected chi connectivity index (χ4v) is 3.44. The van der Waals surface area contributed by atoms with Crippen LogP contribution in [0.4, 0.5) is 0 Å². The Bertz CT molecular complexity index is 1250. The number of phenolic OH excluding ortho intramolecular Hbond substituents is 1.